The van der Waals surface area contributed by atoms with Crippen molar-refractivity contribution in [1.29, 1.82) is 0 Å². The molecule has 14 nitrogen and oxygen atoms in total. The molecule has 2 aromatic rings. The number of hydrogen-bond acceptors (Lipinski definition) is 9. The van der Waals surface area contributed by atoms with Crippen LogP contribution in [0.25, 0.3) is 0 Å². The fourth-order valence-electron chi connectivity index (χ4n) is 6.49. The Kier molecular flexibility index (Phi) is 26.7. The first-order valence-electron chi connectivity index (χ1n) is 20.7. The second-order valence-corrected chi connectivity index (χ2v) is 19.4. The van der Waals surface area contributed by atoms with Crippen LogP contribution in [0.1, 0.15) is 64.0 Å². The number of rotatable bonds is 18. The van der Waals surface area contributed by atoms with Gasteiger partial charge >= 0.3 is 5.97 Å². The van der Waals surface area contributed by atoms with Crippen molar-refractivity contribution in [2.45, 2.75) is 89.2 Å². The van der Waals surface area contributed by atoms with Gasteiger partial charge in [-0.05, 0) is 76.5 Å². The van der Waals surface area contributed by atoms with Gasteiger partial charge in [-0.2, -0.15) is 0 Å². The number of methoxy groups -OCH3 is 1. The van der Waals surface area contributed by atoms with E-state index >= 15 is 0 Å². The van der Waals surface area contributed by atoms with Crippen molar-refractivity contribution in [2.75, 3.05) is 55.3 Å². The minimum atomic E-state index is -3.10. The normalized spacial score (nSPS) is 15.1. The molecule has 1 aliphatic heterocycles. The quantitative estimate of drug-likeness (QED) is 0.0426. The lowest BCUT2D eigenvalue weighted by atomic mass is 9.93. The van der Waals surface area contributed by atoms with Crippen LogP contribution >= 0.6 is 53.8 Å². The third-order valence-corrected chi connectivity index (χ3v) is 11.7. The van der Waals surface area contributed by atoms with Crippen LogP contribution in [0.5, 0.6) is 5.75 Å². The number of ether oxygens (including phenoxy) is 2. The summed E-state index contributed by atoms with van der Waals surface area (Å²) in [6, 6.07) is 7.28. The number of para-hydroxylation sites is 1. The van der Waals surface area contributed by atoms with Crippen molar-refractivity contribution in [3.63, 3.8) is 0 Å². The highest BCUT2D eigenvalue weighted by molar-refractivity contribution is 7.57. The summed E-state index contributed by atoms with van der Waals surface area (Å²) < 4.78 is 35.6. The minimum absolute atomic E-state index is 0.0223. The largest absolute Gasteiger partial charge is 0.480 e. The molecule has 0 radical (unpaired) electrons. The number of halogens is 5. The van der Waals surface area contributed by atoms with E-state index in [4.69, 9.17) is 78.0 Å². The van der Waals surface area contributed by atoms with Gasteiger partial charge in [0.15, 0.2) is 18.3 Å². The zero-order valence-corrected chi connectivity index (χ0v) is 42.0. The zero-order chi connectivity index (χ0) is 50.5. The lowest BCUT2D eigenvalue weighted by Gasteiger charge is -2.31. The lowest BCUT2D eigenvalue weighted by molar-refractivity contribution is -0.138. The summed E-state index contributed by atoms with van der Waals surface area (Å²) >= 11 is 22.5. The van der Waals surface area contributed by atoms with Gasteiger partial charge in [0.2, 0.25) is 5.91 Å². The summed E-state index contributed by atoms with van der Waals surface area (Å²) in [5.74, 6) is -0.764. The van der Waals surface area contributed by atoms with E-state index in [9.17, 15) is 32.9 Å². The molecule has 4 amide bonds. The third-order valence-electron chi connectivity index (χ3n) is 9.72. The van der Waals surface area contributed by atoms with Crippen LogP contribution in [0.4, 0.5) is 15.8 Å². The Bertz CT molecular complexity index is 2120. The third kappa shape index (κ3) is 18.5. The summed E-state index contributed by atoms with van der Waals surface area (Å²) in [6.45, 7) is 17.3. The number of carboxylic acids is 1. The highest BCUT2D eigenvalue weighted by Gasteiger charge is 2.41. The van der Waals surface area contributed by atoms with Crippen molar-refractivity contribution >= 4 is 94.7 Å². The Morgan fingerprint density at radius 1 is 1.09 bits per heavy atom. The summed E-state index contributed by atoms with van der Waals surface area (Å²) in [4.78, 5) is 70.4. The number of hydrogen-bond donors (Lipinski definition) is 3. The number of nitrogens with two attached hydrogens (primary N) is 1. The molecular formula is C46H60Cl4FN4O10P. The highest BCUT2D eigenvalue weighted by Crippen LogP contribution is 2.40. The highest BCUT2D eigenvalue weighted by atomic mass is 35.5. The first kappa shape index (κ1) is 59.8. The SMILES string of the molecule is C#CC(C)Oc1cc(N2C(=O)C3=C(CCCC3)C2=O)c(F)cc1Cl.C=CCN(CC=C)C(=O)C(Cl)Cl.CCc1cccc(C)c1N(C(=O)CCl)C(C)COC.CP(=O)(O)CCC(N)C(=O)O. The average Bonchev–Trinajstić information content (AvgIpc) is 3.52. The lowest BCUT2D eigenvalue weighted by Crippen LogP contribution is -2.43. The van der Waals surface area contributed by atoms with E-state index < -0.39 is 48.0 Å². The molecule has 4 N–H and O–H groups in total. The molecule has 20 heteroatoms. The first-order chi connectivity index (χ1) is 31.0. The number of alkyl halides is 3. The molecule has 1 heterocycles. The first-order valence-corrected chi connectivity index (χ1v) is 24.8. The molecule has 364 valence electrons. The van der Waals surface area contributed by atoms with Crippen molar-refractivity contribution < 1.29 is 52.4 Å². The maximum absolute atomic E-state index is 14.4. The van der Waals surface area contributed by atoms with Crippen LogP contribution in [0.2, 0.25) is 5.02 Å². The minimum Gasteiger partial charge on any atom is -0.480 e. The molecule has 0 bridgehead atoms. The second kappa shape index (κ2) is 29.5. The Morgan fingerprint density at radius 2 is 1.65 bits per heavy atom. The summed E-state index contributed by atoms with van der Waals surface area (Å²) in [5, 5.41) is 8.31. The molecule has 4 atom stereocenters. The maximum atomic E-state index is 14.4. The van der Waals surface area contributed by atoms with Crippen LogP contribution in [-0.4, -0.2) is 113 Å². The van der Waals surface area contributed by atoms with Crippen molar-refractivity contribution in [3.8, 4) is 18.1 Å². The van der Waals surface area contributed by atoms with Crippen molar-refractivity contribution in [3.05, 3.63) is 88.8 Å². The molecule has 66 heavy (non-hydrogen) atoms. The average molecular weight is 1020 g/mol. The number of carbonyl (C=O) groups is 5. The van der Waals surface area contributed by atoms with E-state index in [1.54, 1.807) is 31.1 Å². The zero-order valence-electron chi connectivity index (χ0n) is 38.0. The number of amides is 4. The Balaban J connectivity index is 0.000000465. The Morgan fingerprint density at radius 3 is 2.09 bits per heavy atom. The molecular weight excluding hydrogens is 960 g/mol. The van der Waals surface area contributed by atoms with E-state index in [1.165, 1.54) is 17.6 Å². The number of anilines is 2. The van der Waals surface area contributed by atoms with Gasteiger partial charge in [-0.1, -0.05) is 78.0 Å². The molecule has 2 aliphatic rings. The second-order valence-electron chi connectivity index (χ2n) is 15.0. The van der Waals surface area contributed by atoms with Crippen LogP contribution in [0.15, 0.2) is 66.8 Å². The number of carbonyl (C=O) groups excluding carboxylic acids is 4. The van der Waals surface area contributed by atoms with Crippen LogP contribution in [-0.2, 0) is 39.7 Å². The molecule has 0 saturated carbocycles. The fourth-order valence-corrected chi connectivity index (χ4v) is 7.85. The Hall–Kier alpha value is -4.23. The van der Waals surface area contributed by atoms with Gasteiger partial charge in [0.1, 0.15) is 23.5 Å². The Labute approximate surface area is 407 Å². The van der Waals surface area contributed by atoms with E-state index in [2.05, 4.69) is 32.1 Å². The number of aliphatic carboxylic acids is 1. The monoisotopic (exact) mass is 1020 g/mol. The fraction of sp³-hybridized carbons (Fsp3) is 0.457. The molecule has 0 aromatic heterocycles. The number of aryl methyl sites for hydroxylation is 2. The summed E-state index contributed by atoms with van der Waals surface area (Å²) in [7, 11) is -1.47. The maximum Gasteiger partial charge on any atom is 0.320 e. The summed E-state index contributed by atoms with van der Waals surface area (Å²) in [6.07, 6.45) is 11.6. The van der Waals surface area contributed by atoms with Gasteiger partial charge in [-0.25, -0.2) is 9.29 Å². The number of nitrogens with zero attached hydrogens (tertiary/aromatic N) is 3. The van der Waals surface area contributed by atoms with Crippen LogP contribution < -0.4 is 20.3 Å². The van der Waals surface area contributed by atoms with Gasteiger partial charge in [0, 0.05) is 50.2 Å². The predicted molar refractivity (Wildman–Crippen MR) is 262 cm³/mol. The number of benzene rings is 2. The molecule has 1 aliphatic carbocycles. The molecule has 4 rings (SSSR count). The van der Waals surface area contributed by atoms with Gasteiger partial charge in [0.25, 0.3) is 17.7 Å². The summed E-state index contributed by atoms with van der Waals surface area (Å²) in [5.41, 5.74) is 9.11. The molecule has 0 saturated heterocycles. The van der Waals surface area contributed by atoms with Gasteiger partial charge in [0.05, 0.1) is 29.0 Å². The van der Waals surface area contributed by atoms with E-state index in [0.717, 1.165) is 47.0 Å². The number of carboxylic acid groups (broad SMARTS) is 1. The smallest absolute Gasteiger partial charge is 0.320 e. The van der Waals surface area contributed by atoms with Gasteiger partial charge in [-0.3, -0.25) is 28.5 Å². The van der Waals surface area contributed by atoms with E-state index in [1.807, 2.05) is 26.0 Å². The molecule has 0 fully saturated rings. The van der Waals surface area contributed by atoms with Gasteiger partial charge in [-0.15, -0.1) is 31.2 Å². The number of terminal acetylenes is 1. The van der Waals surface area contributed by atoms with Crippen LogP contribution in [0, 0.1) is 25.1 Å². The van der Waals surface area contributed by atoms with Gasteiger partial charge < -0.3 is 35.0 Å². The van der Waals surface area contributed by atoms with Crippen molar-refractivity contribution in [1.82, 2.24) is 4.90 Å². The standard InChI is InChI=1S/C18H15ClFNO3.C15H22ClNO2.C8H11Cl2NO.C5H12NO4P/c1-3-10(2)24-16-9-15(14(20)8-13(16)19)21-17(22)11-6-4-5-7-12(11)18(21)23;1-5-13-8-6-7-11(2)15(13)17(14(18)9-16)12(3)10-19-4;1-3-5-11(6-4-2)8(12)7(9)10;1-11(9,10)3-2-4(6)5(7)8/h1,8-10H,4-7H2,2H3;6-8,12H,5,9-10H2,1-4H3;3-4,7H,1-2,5-6H2;4H,2-3,6H2,1H3,(H,7,8)(H,9,10). The van der Waals surface area contributed by atoms with Crippen LogP contribution in [0.3, 0.4) is 0 Å². The number of imide groups is 1. The van der Waals surface area contributed by atoms with Crippen molar-refractivity contribution in [2.24, 2.45) is 5.73 Å². The topological polar surface area (TPSA) is 197 Å². The van der Waals surface area contributed by atoms with E-state index in [0.29, 0.717) is 43.7 Å². The molecule has 0 spiro atoms. The predicted octanol–water partition coefficient (Wildman–Crippen LogP) is 8.47. The van der Waals surface area contributed by atoms with E-state index in [-0.39, 0.29) is 52.8 Å². The molecule has 2 aromatic carbocycles. The molecule has 4 unspecified atom stereocenters.